The molecule has 15 heavy (non-hydrogen) atoms. The average Bonchev–Trinajstić information content (AvgIpc) is 2.25. The lowest BCUT2D eigenvalue weighted by Crippen LogP contribution is -2.29. The highest BCUT2D eigenvalue weighted by atomic mass is 35.5. The van der Waals surface area contributed by atoms with Gasteiger partial charge in [0.25, 0.3) is 0 Å². The topological polar surface area (TPSA) is 54.9 Å². The van der Waals surface area contributed by atoms with Crippen LogP contribution in [-0.4, -0.2) is 32.0 Å². The van der Waals surface area contributed by atoms with Crippen LogP contribution in [0.4, 0.5) is 5.82 Å². The molecule has 1 saturated heterocycles. The van der Waals surface area contributed by atoms with Gasteiger partial charge in [0.2, 0.25) is 0 Å². The molecule has 2 rings (SSSR count). The van der Waals surface area contributed by atoms with E-state index in [4.69, 9.17) is 11.6 Å². The van der Waals surface area contributed by atoms with Crippen molar-refractivity contribution in [1.82, 2.24) is 10.2 Å². The molecule has 0 aliphatic carbocycles. The molecule has 2 heterocycles. The minimum absolute atomic E-state index is 0.359. The average molecular weight is 246 g/mol. The zero-order valence-corrected chi connectivity index (χ0v) is 9.72. The first-order chi connectivity index (χ1) is 7.24. The Hall–Kier alpha value is -0.680. The van der Waals surface area contributed by atoms with Gasteiger partial charge in [-0.15, -0.1) is 10.2 Å². The van der Waals surface area contributed by atoms with E-state index in [-0.39, 0.29) is 0 Å². The third kappa shape index (κ3) is 3.14. The van der Waals surface area contributed by atoms with Gasteiger partial charge in [0.15, 0.2) is 5.15 Å². The molecule has 82 valence electrons. The van der Waals surface area contributed by atoms with Crippen LogP contribution in [0.15, 0.2) is 12.1 Å². The fourth-order valence-corrected chi connectivity index (χ4v) is 2.94. The molecule has 0 atom stereocenters. The smallest absolute Gasteiger partial charge is 0.151 e. The van der Waals surface area contributed by atoms with E-state index in [0.29, 0.717) is 11.2 Å². The first-order valence-electron chi connectivity index (χ1n) is 4.85. The summed E-state index contributed by atoms with van der Waals surface area (Å²) in [5, 5.41) is 11.3. The maximum atomic E-state index is 11.1. The van der Waals surface area contributed by atoms with E-state index >= 15 is 0 Å². The number of hydrogen-bond donors (Lipinski definition) is 1. The second kappa shape index (κ2) is 4.90. The Balaban J connectivity index is 1.91. The van der Waals surface area contributed by atoms with E-state index in [1.54, 1.807) is 12.1 Å². The van der Waals surface area contributed by atoms with E-state index in [1.165, 1.54) is 0 Å². The molecule has 1 aliphatic rings. The quantitative estimate of drug-likeness (QED) is 0.857. The predicted molar refractivity (Wildman–Crippen MR) is 61.6 cm³/mol. The normalized spacial score (nSPS) is 26.2. The highest BCUT2D eigenvalue weighted by Crippen LogP contribution is 2.14. The van der Waals surface area contributed by atoms with E-state index in [9.17, 15) is 4.21 Å². The Morgan fingerprint density at radius 2 is 2.07 bits per heavy atom. The number of nitrogens with zero attached hydrogens (tertiary/aromatic N) is 2. The molecule has 0 unspecified atom stereocenters. The van der Waals surface area contributed by atoms with Crippen molar-refractivity contribution in [2.75, 3.05) is 16.8 Å². The summed E-state index contributed by atoms with van der Waals surface area (Å²) >= 11 is 5.63. The minimum atomic E-state index is -0.620. The van der Waals surface area contributed by atoms with Crippen molar-refractivity contribution in [2.24, 2.45) is 0 Å². The molecule has 6 heteroatoms. The van der Waals surface area contributed by atoms with Gasteiger partial charge in [-0.05, 0) is 25.0 Å². The molecular weight excluding hydrogens is 234 g/mol. The molecule has 1 N–H and O–H groups in total. The fourth-order valence-electron chi connectivity index (χ4n) is 1.54. The molecule has 0 bridgehead atoms. The van der Waals surface area contributed by atoms with Crippen molar-refractivity contribution < 1.29 is 4.21 Å². The van der Waals surface area contributed by atoms with Crippen LogP contribution in [-0.2, 0) is 10.8 Å². The molecule has 4 nitrogen and oxygen atoms in total. The molecule has 1 aromatic heterocycles. The highest BCUT2D eigenvalue weighted by Gasteiger charge is 2.17. The van der Waals surface area contributed by atoms with Crippen LogP contribution >= 0.6 is 11.6 Å². The van der Waals surface area contributed by atoms with Crippen LogP contribution in [0.5, 0.6) is 0 Å². The Morgan fingerprint density at radius 3 is 2.67 bits per heavy atom. The van der Waals surface area contributed by atoms with E-state index in [0.717, 1.165) is 30.2 Å². The summed E-state index contributed by atoms with van der Waals surface area (Å²) in [4.78, 5) is 0. The molecular formula is C9H12ClN3OS. The van der Waals surface area contributed by atoms with Crippen molar-refractivity contribution in [3.8, 4) is 0 Å². The summed E-state index contributed by atoms with van der Waals surface area (Å²) < 4.78 is 11.1. The van der Waals surface area contributed by atoms with Gasteiger partial charge >= 0.3 is 0 Å². The molecule has 1 aliphatic heterocycles. The van der Waals surface area contributed by atoms with Crippen LogP contribution in [0, 0.1) is 0 Å². The first-order valence-corrected chi connectivity index (χ1v) is 6.71. The van der Waals surface area contributed by atoms with Gasteiger partial charge < -0.3 is 5.32 Å². The Kier molecular flexibility index (Phi) is 3.53. The summed E-state index contributed by atoms with van der Waals surface area (Å²) in [6.45, 7) is 0. The third-order valence-electron chi connectivity index (χ3n) is 2.37. The van der Waals surface area contributed by atoms with Gasteiger partial charge in [-0.3, -0.25) is 4.21 Å². The summed E-state index contributed by atoms with van der Waals surface area (Å²) in [6.07, 6.45) is 1.85. The minimum Gasteiger partial charge on any atom is -0.366 e. The second-order valence-corrected chi connectivity index (χ2v) is 5.59. The Morgan fingerprint density at radius 1 is 1.33 bits per heavy atom. The maximum absolute atomic E-state index is 11.1. The van der Waals surface area contributed by atoms with E-state index in [2.05, 4.69) is 15.5 Å². The fraction of sp³-hybridized carbons (Fsp3) is 0.556. The van der Waals surface area contributed by atoms with E-state index < -0.39 is 10.8 Å². The van der Waals surface area contributed by atoms with Crippen molar-refractivity contribution in [2.45, 2.75) is 18.9 Å². The van der Waals surface area contributed by atoms with Crippen molar-refractivity contribution in [1.29, 1.82) is 0 Å². The molecule has 0 amide bonds. The molecule has 1 fully saturated rings. The predicted octanol–water partition coefficient (Wildman–Crippen LogP) is 1.45. The van der Waals surface area contributed by atoms with Crippen LogP contribution in [0.25, 0.3) is 0 Å². The van der Waals surface area contributed by atoms with Crippen LogP contribution in [0.2, 0.25) is 5.15 Å². The van der Waals surface area contributed by atoms with Gasteiger partial charge in [0.1, 0.15) is 5.82 Å². The standard InChI is InChI=1S/C9H12ClN3OS/c10-8-1-2-9(13-12-8)11-7-3-5-15(14)6-4-7/h1-2,7H,3-6H2,(H,11,13). The van der Waals surface area contributed by atoms with Crippen molar-refractivity contribution in [3.05, 3.63) is 17.3 Å². The van der Waals surface area contributed by atoms with Crippen LogP contribution in [0.3, 0.4) is 0 Å². The lowest BCUT2D eigenvalue weighted by atomic mass is 10.1. The molecule has 0 spiro atoms. The number of nitrogens with one attached hydrogen (secondary N) is 1. The Labute approximate surface area is 95.9 Å². The zero-order chi connectivity index (χ0) is 10.7. The summed E-state index contributed by atoms with van der Waals surface area (Å²) in [5.74, 6) is 2.29. The lowest BCUT2D eigenvalue weighted by molar-refractivity contribution is 0.621. The summed E-state index contributed by atoms with van der Waals surface area (Å²) in [5.41, 5.74) is 0. The Bertz CT molecular complexity index is 347. The molecule has 0 radical (unpaired) electrons. The monoisotopic (exact) mass is 245 g/mol. The summed E-state index contributed by atoms with van der Waals surface area (Å²) in [7, 11) is -0.620. The van der Waals surface area contributed by atoms with Gasteiger partial charge in [-0.1, -0.05) is 11.6 Å². The molecule has 1 aromatic rings. The SMILES string of the molecule is O=S1CCC(Nc2ccc(Cl)nn2)CC1. The number of anilines is 1. The van der Waals surface area contributed by atoms with Crippen molar-refractivity contribution in [3.63, 3.8) is 0 Å². The van der Waals surface area contributed by atoms with Gasteiger partial charge in [0, 0.05) is 28.3 Å². The highest BCUT2D eigenvalue weighted by molar-refractivity contribution is 7.85. The number of hydrogen-bond acceptors (Lipinski definition) is 4. The molecule has 0 saturated carbocycles. The van der Waals surface area contributed by atoms with Gasteiger partial charge in [-0.2, -0.15) is 0 Å². The van der Waals surface area contributed by atoms with Gasteiger partial charge in [-0.25, -0.2) is 0 Å². The van der Waals surface area contributed by atoms with Gasteiger partial charge in [0.05, 0.1) is 0 Å². The second-order valence-electron chi connectivity index (χ2n) is 3.51. The number of aromatic nitrogens is 2. The first kappa shape index (κ1) is 10.8. The van der Waals surface area contributed by atoms with E-state index in [1.807, 2.05) is 0 Å². The largest absolute Gasteiger partial charge is 0.366 e. The lowest BCUT2D eigenvalue weighted by Gasteiger charge is -2.22. The number of rotatable bonds is 2. The van der Waals surface area contributed by atoms with Crippen LogP contribution in [0.1, 0.15) is 12.8 Å². The zero-order valence-electron chi connectivity index (χ0n) is 8.15. The number of halogens is 1. The van der Waals surface area contributed by atoms with Crippen molar-refractivity contribution >= 4 is 28.2 Å². The molecule has 0 aromatic carbocycles. The maximum Gasteiger partial charge on any atom is 0.151 e. The van der Waals surface area contributed by atoms with Crippen LogP contribution < -0.4 is 5.32 Å². The summed E-state index contributed by atoms with van der Waals surface area (Å²) in [6, 6.07) is 3.87. The third-order valence-corrected chi connectivity index (χ3v) is 3.96.